The van der Waals surface area contributed by atoms with Crippen molar-refractivity contribution < 1.29 is 19.4 Å². The Morgan fingerprint density at radius 3 is 2.57 bits per heavy atom. The first-order valence-electron chi connectivity index (χ1n) is 6.86. The van der Waals surface area contributed by atoms with Crippen molar-refractivity contribution in [3.8, 4) is 12.3 Å². The Morgan fingerprint density at radius 2 is 2.10 bits per heavy atom. The van der Waals surface area contributed by atoms with Crippen LogP contribution in [0.25, 0.3) is 0 Å². The number of hydrogen-bond acceptors (Lipinski definition) is 4. The van der Waals surface area contributed by atoms with Gasteiger partial charge in [0.25, 0.3) is 0 Å². The lowest BCUT2D eigenvalue weighted by Crippen LogP contribution is -2.33. The molecule has 0 rings (SSSR count). The van der Waals surface area contributed by atoms with Gasteiger partial charge in [-0.3, -0.25) is 0 Å². The van der Waals surface area contributed by atoms with Gasteiger partial charge in [0.15, 0.2) is 0 Å². The first-order chi connectivity index (χ1) is 9.84. The smallest absolute Gasteiger partial charge is 0.407 e. The average Bonchev–Trinajstić information content (AvgIpc) is 2.37. The highest BCUT2D eigenvalue weighted by Gasteiger charge is 2.16. The number of carbonyl (C=O) groups is 1. The lowest BCUT2D eigenvalue weighted by molar-refractivity contribution is 0.0528. The summed E-state index contributed by atoms with van der Waals surface area (Å²) in [5, 5.41) is 11.5. The molecule has 0 spiro atoms. The van der Waals surface area contributed by atoms with Crippen LogP contribution < -0.4 is 5.32 Å². The van der Waals surface area contributed by atoms with Crippen molar-refractivity contribution in [2.24, 2.45) is 0 Å². The Kier molecular flexibility index (Phi) is 8.98. The Bertz CT molecular complexity index is 425. The number of carbonyl (C=O) groups excluding carboxylic acids is 1. The molecule has 5 heteroatoms. The molecule has 1 amide bonds. The lowest BCUT2D eigenvalue weighted by Gasteiger charge is -2.20. The van der Waals surface area contributed by atoms with E-state index in [1.165, 1.54) is 0 Å². The van der Waals surface area contributed by atoms with Gasteiger partial charge in [0.2, 0.25) is 0 Å². The van der Waals surface area contributed by atoms with Gasteiger partial charge in [-0.25, -0.2) is 4.79 Å². The minimum absolute atomic E-state index is 0.0726. The molecule has 0 heterocycles. The molecule has 2 N–H and O–H groups in total. The number of allylic oxidation sites excluding steroid dienone is 3. The van der Waals surface area contributed by atoms with E-state index in [2.05, 4.69) is 11.2 Å². The van der Waals surface area contributed by atoms with Gasteiger partial charge in [-0.1, -0.05) is 5.92 Å². The van der Waals surface area contributed by atoms with Crippen molar-refractivity contribution in [3.05, 3.63) is 23.5 Å². The molecule has 0 aromatic heterocycles. The van der Waals surface area contributed by atoms with Crippen LogP contribution in [-0.4, -0.2) is 36.6 Å². The van der Waals surface area contributed by atoms with Crippen LogP contribution in [0.4, 0.5) is 4.79 Å². The maximum Gasteiger partial charge on any atom is 0.407 e. The number of nitrogens with one attached hydrogen (secondary N) is 1. The largest absolute Gasteiger partial charge is 0.491 e. The van der Waals surface area contributed by atoms with E-state index < -0.39 is 11.7 Å². The zero-order valence-electron chi connectivity index (χ0n) is 13.2. The highest BCUT2D eigenvalue weighted by atomic mass is 16.6. The zero-order valence-corrected chi connectivity index (χ0v) is 13.2. The summed E-state index contributed by atoms with van der Waals surface area (Å²) in [6.07, 6.45) is 8.69. The van der Waals surface area contributed by atoms with Gasteiger partial charge < -0.3 is 19.9 Å². The van der Waals surface area contributed by atoms with E-state index in [0.29, 0.717) is 18.7 Å². The van der Waals surface area contributed by atoms with Crippen LogP contribution in [0.3, 0.4) is 0 Å². The maximum atomic E-state index is 11.5. The Hall–Kier alpha value is -1.93. The summed E-state index contributed by atoms with van der Waals surface area (Å²) >= 11 is 0. The second-order valence-corrected chi connectivity index (χ2v) is 5.24. The molecule has 0 fully saturated rings. The summed E-state index contributed by atoms with van der Waals surface area (Å²) in [6, 6.07) is 0. The van der Waals surface area contributed by atoms with Crippen molar-refractivity contribution in [3.63, 3.8) is 0 Å². The van der Waals surface area contributed by atoms with Crippen LogP contribution in [-0.2, 0) is 9.47 Å². The highest BCUT2D eigenvalue weighted by molar-refractivity contribution is 5.67. The molecule has 0 bridgehead atoms. The normalized spacial score (nSPS) is 12.6. The van der Waals surface area contributed by atoms with E-state index in [1.807, 2.05) is 6.92 Å². The van der Waals surface area contributed by atoms with E-state index in [4.69, 9.17) is 21.0 Å². The molecule has 0 radical (unpaired) electrons. The minimum Gasteiger partial charge on any atom is -0.491 e. The fourth-order valence-corrected chi connectivity index (χ4v) is 1.50. The number of alkyl carbamates (subject to hydrolysis) is 1. The lowest BCUT2D eigenvalue weighted by atomic mass is 10.1. The summed E-state index contributed by atoms with van der Waals surface area (Å²) < 4.78 is 10.5. The molecule has 118 valence electrons. The first kappa shape index (κ1) is 19.1. The van der Waals surface area contributed by atoms with Gasteiger partial charge in [0.1, 0.15) is 18.0 Å². The van der Waals surface area contributed by atoms with Gasteiger partial charge >= 0.3 is 6.09 Å². The fraction of sp³-hybridized carbons (Fsp3) is 0.562. The van der Waals surface area contributed by atoms with Crippen LogP contribution in [0.5, 0.6) is 0 Å². The van der Waals surface area contributed by atoms with Crippen LogP contribution in [0.2, 0.25) is 0 Å². The van der Waals surface area contributed by atoms with E-state index in [1.54, 1.807) is 32.9 Å². The van der Waals surface area contributed by atoms with Crippen LogP contribution in [0, 0.1) is 12.3 Å². The average molecular weight is 295 g/mol. The molecule has 0 unspecified atom stereocenters. The van der Waals surface area contributed by atoms with Crippen molar-refractivity contribution >= 4 is 6.09 Å². The molecule has 0 aromatic rings. The predicted molar refractivity (Wildman–Crippen MR) is 82.6 cm³/mol. The number of ether oxygens (including phenoxy) is 2. The molecule has 0 saturated heterocycles. The number of terminal acetylenes is 1. The maximum absolute atomic E-state index is 11.5. The van der Waals surface area contributed by atoms with Crippen LogP contribution in [0.15, 0.2) is 23.5 Å². The second kappa shape index (κ2) is 9.89. The number of rotatable bonds is 7. The third-order valence-corrected chi connectivity index (χ3v) is 2.25. The zero-order chi connectivity index (χ0) is 16.3. The molecule has 0 aliphatic rings. The molecule has 0 aromatic carbocycles. The topological polar surface area (TPSA) is 67.8 Å². The van der Waals surface area contributed by atoms with Crippen LogP contribution >= 0.6 is 0 Å². The standard InChI is InChI=1S/C16H25NO4/c1-6-8-13(14(7-2)20-12-11-18)9-10-17-15(19)21-16(3,4)5/h1,7-8,18H,9-12H2,2-5H3,(H,17,19). The summed E-state index contributed by atoms with van der Waals surface area (Å²) in [5.41, 5.74) is 0.254. The first-order valence-corrected chi connectivity index (χ1v) is 6.86. The van der Waals surface area contributed by atoms with E-state index >= 15 is 0 Å². The Labute approximate surface area is 127 Å². The third kappa shape index (κ3) is 9.58. The Balaban J connectivity index is 4.45. The molecular weight excluding hydrogens is 270 g/mol. The Morgan fingerprint density at radius 1 is 1.43 bits per heavy atom. The molecule has 0 saturated carbocycles. The molecule has 5 nitrogen and oxygen atoms in total. The van der Waals surface area contributed by atoms with Gasteiger partial charge in [-0.05, 0) is 46.3 Å². The summed E-state index contributed by atoms with van der Waals surface area (Å²) in [4.78, 5) is 11.5. The van der Waals surface area contributed by atoms with Crippen molar-refractivity contribution in [1.29, 1.82) is 0 Å². The second-order valence-electron chi connectivity index (χ2n) is 5.24. The van der Waals surface area contributed by atoms with Crippen molar-refractivity contribution in [2.45, 2.75) is 39.7 Å². The molecular formula is C16H25NO4. The van der Waals surface area contributed by atoms with Gasteiger partial charge in [-0.2, -0.15) is 0 Å². The molecule has 0 aliphatic carbocycles. The fourth-order valence-electron chi connectivity index (χ4n) is 1.50. The molecule has 21 heavy (non-hydrogen) atoms. The molecule has 0 aliphatic heterocycles. The molecule has 0 atom stereocenters. The summed E-state index contributed by atoms with van der Waals surface area (Å²) in [5.74, 6) is 3.05. The number of hydrogen-bond donors (Lipinski definition) is 2. The van der Waals surface area contributed by atoms with Crippen molar-refractivity contribution in [2.75, 3.05) is 19.8 Å². The minimum atomic E-state index is -0.527. The van der Waals surface area contributed by atoms with Crippen molar-refractivity contribution in [1.82, 2.24) is 5.32 Å². The monoisotopic (exact) mass is 295 g/mol. The SMILES string of the molecule is C#CC=C(CCNC(=O)OC(C)(C)C)C(=CC)OCCO. The van der Waals surface area contributed by atoms with Gasteiger partial charge in [0, 0.05) is 12.1 Å². The van der Waals surface area contributed by atoms with Gasteiger partial charge in [0.05, 0.1) is 6.61 Å². The number of aliphatic hydroxyl groups excluding tert-OH is 1. The third-order valence-electron chi connectivity index (χ3n) is 2.25. The highest BCUT2D eigenvalue weighted by Crippen LogP contribution is 2.15. The van der Waals surface area contributed by atoms with Crippen LogP contribution in [0.1, 0.15) is 34.1 Å². The number of amides is 1. The predicted octanol–water partition coefficient (Wildman–Crippen LogP) is 2.37. The quantitative estimate of drug-likeness (QED) is 0.430. The van der Waals surface area contributed by atoms with Gasteiger partial charge in [-0.15, -0.1) is 6.42 Å². The van der Waals surface area contributed by atoms with E-state index in [0.717, 1.165) is 5.57 Å². The number of aliphatic hydroxyl groups is 1. The summed E-state index contributed by atoms with van der Waals surface area (Å²) in [6.45, 7) is 7.73. The van der Waals surface area contributed by atoms with E-state index in [9.17, 15) is 4.79 Å². The van der Waals surface area contributed by atoms with E-state index in [-0.39, 0.29) is 13.2 Å². The summed E-state index contributed by atoms with van der Waals surface area (Å²) in [7, 11) is 0.